The number of rotatable bonds is 7. The van der Waals surface area contributed by atoms with Crippen molar-refractivity contribution in [3.63, 3.8) is 0 Å². The molecule has 7 heteroatoms. The van der Waals surface area contributed by atoms with E-state index in [-0.39, 0.29) is 29.9 Å². The maximum Gasteiger partial charge on any atom is 0.408 e. The van der Waals surface area contributed by atoms with Crippen molar-refractivity contribution in [2.75, 3.05) is 0 Å². The van der Waals surface area contributed by atoms with Crippen molar-refractivity contribution in [3.8, 4) is 0 Å². The van der Waals surface area contributed by atoms with Gasteiger partial charge in [-0.25, -0.2) is 14.6 Å². The fourth-order valence-electron chi connectivity index (χ4n) is 2.36. The molecule has 2 aromatic rings. The predicted molar refractivity (Wildman–Crippen MR) is 90.2 cm³/mol. The molecule has 25 heavy (non-hydrogen) atoms. The number of aromatic carboxylic acids is 1. The van der Waals surface area contributed by atoms with Crippen LogP contribution in [0.3, 0.4) is 0 Å². The van der Waals surface area contributed by atoms with Gasteiger partial charge >= 0.3 is 12.1 Å². The molecule has 134 valence electrons. The monoisotopic (exact) mass is 346 g/mol. The van der Waals surface area contributed by atoms with E-state index in [0.29, 0.717) is 6.42 Å². The summed E-state index contributed by atoms with van der Waals surface area (Å²) in [6.45, 7) is 5.64. The Balaban J connectivity index is 2.05. The number of ether oxygens (including phenoxy) is 1. The first-order chi connectivity index (χ1) is 11.9. The van der Waals surface area contributed by atoms with Crippen molar-refractivity contribution in [3.05, 3.63) is 53.2 Å². The molecule has 2 rings (SSSR count). The second-order valence-electron chi connectivity index (χ2n) is 6.15. The molecule has 0 spiro atoms. The minimum Gasteiger partial charge on any atom is -0.476 e. The zero-order chi connectivity index (χ0) is 18.4. The summed E-state index contributed by atoms with van der Waals surface area (Å²) >= 11 is 0. The molecule has 0 aliphatic rings. The number of hydrogen-bond acceptors (Lipinski definition) is 5. The first-order valence-corrected chi connectivity index (χ1v) is 8.04. The highest BCUT2D eigenvalue weighted by Gasteiger charge is 2.25. The molecule has 0 unspecified atom stereocenters. The standard InChI is InChI=1S/C18H22N2O5/c1-11(2)9-14(16-20-15(17(21)22)12(3)25-16)19-18(23)24-10-13-7-5-4-6-8-13/h4-8,11,14H,9-10H2,1-3H3,(H,19,23)(H,21,22)/t14-/m1/s1. The average Bonchev–Trinajstić information content (AvgIpc) is 2.95. The summed E-state index contributed by atoms with van der Waals surface area (Å²) in [5.41, 5.74) is 0.724. The Labute approximate surface area is 146 Å². The summed E-state index contributed by atoms with van der Waals surface area (Å²) in [4.78, 5) is 27.2. The Bertz CT molecular complexity index is 724. The van der Waals surface area contributed by atoms with Crippen LogP contribution in [-0.2, 0) is 11.3 Å². The molecule has 1 amide bonds. The molecule has 1 aromatic carbocycles. The number of carboxylic acid groups (broad SMARTS) is 1. The number of nitrogens with zero attached hydrogens (tertiary/aromatic N) is 1. The van der Waals surface area contributed by atoms with E-state index < -0.39 is 18.1 Å². The number of oxazole rings is 1. The van der Waals surface area contributed by atoms with E-state index in [0.717, 1.165) is 5.56 Å². The normalized spacial score (nSPS) is 12.0. The molecule has 0 aliphatic carbocycles. The molecule has 0 radical (unpaired) electrons. The fourth-order valence-corrected chi connectivity index (χ4v) is 2.36. The van der Waals surface area contributed by atoms with Gasteiger partial charge in [0, 0.05) is 0 Å². The van der Waals surface area contributed by atoms with Crippen LogP contribution in [0.4, 0.5) is 4.79 Å². The average molecular weight is 346 g/mol. The SMILES string of the molecule is Cc1oc([C@@H](CC(C)C)NC(=O)OCc2ccccc2)nc1C(=O)O. The highest BCUT2D eigenvalue weighted by atomic mass is 16.5. The number of carbonyl (C=O) groups excluding carboxylic acids is 1. The van der Waals surface area contributed by atoms with Gasteiger partial charge in [0.25, 0.3) is 0 Å². The Hall–Kier alpha value is -2.83. The highest BCUT2D eigenvalue weighted by Crippen LogP contribution is 2.23. The van der Waals surface area contributed by atoms with Gasteiger partial charge in [-0.2, -0.15) is 0 Å². The number of hydrogen-bond donors (Lipinski definition) is 2. The number of aryl methyl sites for hydroxylation is 1. The van der Waals surface area contributed by atoms with Gasteiger partial charge in [-0.3, -0.25) is 0 Å². The molecule has 0 aliphatic heterocycles. The van der Waals surface area contributed by atoms with Crippen LogP contribution in [0.25, 0.3) is 0 Å². The van der Waals surface area contributed by atoms with Crippen molar-refractivity contribution < 1.29 is 23.8 Å². The quantitative estimate of drug-likeness (QED) is 0.792. The van der Waals surface area contributed by atoms with Crippen molar-refractivity contribution in [1.82, 2.24) is 10.3 Å². The molecule has 1 heterocycles. The lowest BCUT2D eigenvalue weighted by Crippen LogP contribution is -2.30. The Morgan fingerprint density at radius 2 is 1.96 bits per heavy atom. The van der Waals surface area contributed by atoms with Crippen LogP contribution in [0.1, 0.15) is 54.0 Å². The van der Waals surface area contributed by atoms with Gasteiger partial charge in [0.1, 0.15) is 18.4 Å². The Morgan fingerprint density at radius 3 is 2.52 bits per heavy atom. The maximum absolute atomic E-state index is 12.1. The van der Waals surface area contributed by atoms with E-state index in [9.17, 15) is 9.59 Å². The van der Waals surface area contributed by atoms with E-state index in [1.54, 1.807) is 0 Å². The van der Waals surface area contributed by atoms with Gasteiger partial charge in [0.2, 0.25) is 5.89 Å². The van der Waals surface area contributed by atoms with Gasteiger partial charge in [-0.05, 0) is 24.8 Å². The molecule has 2 N–H and O–H groups in total. The number of alkyl carbamates (subject to hydrolysis) is 1. The zero-order valence-corrected chi connectivity index (χ0v) is 14.5. The minimum absolute atomic E-state index is 0.145. The van der Waals surface area contributed by atoms with Crippen molar-refractivity contribution in [1.29, 1.82) is 0 Å². The Kier molecular flexibility index (Phi) is 6.16. The predicted octanol–water partition coefficient (Wildman–Crippen LogP) is 3.69. The van der Waals surface area contributed by atoms with Crippen LogP contribution in [-0.4, -0.2) is 22.2 Å². The molecule has 0 saturated carbocycles. The van der Waals surface area contributed by atoms with Crippen LogP contribution in [0, 0.1) is 12.8 Å². The summed E-state index contributed by atoms with van der Waals surface area (Å²) in [6.07, 6.45) is -0.0679. The summed E-state index contributed by atoms with van der Waals surface area (Å²) in [5, 5.41) is 11.8. The van der Waals surface area contributed by atoms with E-state index in [4.69, 9.17) is 14.3 Å². The van der Waals surface area contributed by atoms with Crippen LogP contribution < -0.4 is 5.32 Å². The summed E-state index contributed by atoms with van der Waals surface area (Å²) in [5.74, 6) is -0.557. The van der Waals surface area contributed by atoms with E-state index >= 15 is 0 Å². The number of carboxylic acids is 1. The summed E-state index contributed by atoms with van der Waals surface area (Å²) in [7, 11) is 0. The third-order valence-electron chi connectivity index (χ3n) is 3.53. The van der Waals surface area contributed by atoms with Gasteiger partial charge in [0.05, 0.1) is 0 Å². The van der Waals surface area contributed by atoms with Crippen molar-refractivity contribution >= 4 is 12.1 Å². The van der Waals surface area contributed by atoms with Crippen LogP contribution in [0.2, 0.25) is 0 Å². The maximum atomic E-state index is 12.1. The van der Waals surface area contributed by atoms with Crippen LogP contribution in [0.5, 0.6) is 0 Å². The second kappa shape index (κ2) is 8.32. The number of carbonyl (C=O) groups is 2. The van der Waals surface area contributed by atoms with Gasteiger partial charge in [-0.1, -0.05) is 44.2 Å². The molecule has 0 fully saturated rings. The number of benzene rings is 1. The lowest BCUT2D eigenvalue weighted by atomic mass is 10.0. The fraction of sp³-hybridized carbons (Fsp3) is 0.389. The van der Waals surface area contributed by atoms with Gasteiger partial charge < -0.3 is 19.6 Å². The molecule has 1 aromatic heterocycles. The number of aromatic nitrogens is 1. The first kappa shape index (κ1) is 18.5. The minimum atomic E-state index is -1.16. The lowest BCUT2D eigenvalue weighted by Gasteiger charge is -2.17. The molecule has 0 bridgehead atoms. The summed E-state index contributed by atoms with van der Waals surface area (Å²) in [6, 6.07) is 8.76. The van der Waals surface area contributed by atoms with Crippen LogP contribution in [0.15, 0.2) is 34.7 Å². The third kappa shape index (κ3) is 5.34. The topological polar surface area (TPSA) is 102 Å². The molecular formula is C18H22N2O5. The molecule has 7 nitrogen and oxygen atoms in total. The van der Waals surface area contributed by atoms with E-state index in [1.807, 2.05) is 44.2 Å². The Morgan fingerprint density at radius 1 is 1.28 bits per heavy atom. The molecule has 0 saturated heterocycles. The van der Waals surface area contributed by atoms with E-state index in [1.165, 1.54) is 6.92 Å². The molecule has 1 atom stereocenters. The number of amides is 1. The summed E-state index contributed by atoms with van der Waals surface area (Å²) < 4.78 is 10.7. The smallest absolute Gasteiger partial charge is 0.408 e. The first-order valence-electron chi connectivity index (χ1n) is 8.04. The largest absolute Gasteiger partial charge is 0.476 e. The lowest BCUT2D eigenvalue weighted by molar-refractivity contribution is 0.0689. The highest BCUT2D eigenvalue weighted by molar-refractivity contribution is 5.86. The third-order valence-corrected chi connectivity index (χ3v) is 3.53. The van der Waals surface area contributed by atoms with Crippen molar-refractivity contribution in [2.24, 2.45) is 5.92 Å². The zero-order valence-electron chi connectivity index (χ0n) is 14.5. The second-order valence-corrected chi connectivity index (χ2v) is 6.15. The van der Waals surface area contributed by atoms with Gasteiger partial charge in [0.15, 0.2) is 5.69 Å². The van der Waals surface area contributed by atoms with Crippen LogP contribution >= 0.6 is 0 Å². The van der Waals surface area contributed by atoms with Crippen molar-refractivity contribution in [2.45, 2.75) is 39.8 Å². The molecular weight excluding hydrogens is 324 g/mol. The van der Waals surface area contributed by atoms with Gasteiger partial charge in [-0.15, -0.1) is 0 Å². The number of nitrogens with one attached hydrogen (secondary N) is 1. The van der Waals surface area contributed by atoms with E-state index in [2.05, 4.69) is 10.3 Å².